The summed E-state index contributed by atoms with van der Waals surface area (Å²) in [6.45, 7) is 0.920. The fourth-order valence-corrected chi connectivity index (χ4v) is 3.16. The summed E-state index contributed by atoms with van der Waals surface area (Å²) in [5.41, 5.74) is 0.872. The normalized spacial score (nSPS) is 17.4. The highest BCUT2D eigenvalue weighted by molar-refractivity contribution is 5.40. The summed E-state index contributed by atoms with van der Waals surface area (Å²) in [7, 11) is 0. The van der Waals surface area contributed by atoms with Crippen molar-refractivity contribution in [2.75, 3.05) is 11.4 Å². The molecule has 0 radical (unpaired) electrons. The van der Waals surface area contributed by atoms with Crippen molar-refractivity contribution in [2.24, 2.45) is 0 Å². The van der Waals surface area contributed by atoms with Gasteiger partial charge >= 0.3 is 0 Å². The fourth-order valence-electron chi connectivity index (χ4n) is 3.16. The van der Waals surface area contributed by atoms with Crippen molar-refractivity contribution in [3.63, 3.8) is 0 Å². The molecular formula is C18H17FN4O. The van der Waals surface area contributed by atoms with Crippen molar-refractivity contribution in [3.05, 3.63) is 72.1 Å². The van der Waals surface area contributed by atoms with Crippen LogP contribution in [-0.4, -0.2) is 21.5 Å². The van der Waals surface area contributed by atoms with Gasteiger partial charge in [0.05, 0.1) is 6.20 Å². The number of oxazole rings is 1. The lowest BCUT2D eigenvalue weighted by Crippen LogP contribution is -2.23. The number of anilines is 1. The predicted octanol–water partition coefficient (Wildman–Crippen LogP) is 3.54. The maximum atomic E-state index is 13.3. The molecule has 0 aliphatic carbocycles. The molecule has 1 saturated heterocycles. The molecule has 0 unspecified atom stereocenters. The number of benzene rings is 1. The molecule has 3 aromatic rings. The molecule has 6 heteroatoms. The van der Waals surface area contributed by atoms with Crippen molar-refractivity contribution in [1.29, 1.82) is 0 Å². The molecular weight excluding hydrogens is 307 g/mol. The Morgan fingerprint density at radius 2 is 2.21 bits per heavy atom. The molecule has 1 fully saturated rings. The van der Waals surface area contributed by atoms with E-state index in [0.29, 0.717) is 12.3 Å². The van der Waals surface area contributed by atoms with Crippen LogP contribution in [0.15, 0.2) is 53.5 Å². The number of halogens is 1. The minimum Gasteiger partial charge on any atom is -0.443 e. The Kier molecular flexibility index (Phi) is 3.94. The Balaban J connectivity index is 1.54. The van der Waals surface area contributed by atoms with E-state index in [-0.39, 0.29) is 11.9 Å². The minimum absolute atomic E-state index is 0.0844. The summed E-state index contributed by atoms with van der Waals surface area (Å²) in [6, 6.07) is 8.53. The lowest BCUT2D eigenvalue weighted by atomic mass is 10.1. The molecule has 0 spiro atoms. The second kappa shape index (κ2) is 6.39. The van der Waals surface area contributed by atoms with E-state index in [9.17, 15) is 4.39 Å². The van der Waals surface area contributed by atoms with Gasteiger partial charge in [0.1, 0.15) is 29.8 Å². The van der Waals surface area contributed by atoms with Gasteiger partial charge in [0, 0.05) is 19.2 Å². The van der Waals surface area contributed by atoms with Crippen molar-refractivity contribution >= 4 is 5.82 Å². The van der Waals surface area contributed by atoms with Crippen LogP contribution < -0.4 is 4.90 Å². The molecule has 1 aliphatic rings. The van der Waals surface area contributed by atoms with E-state index in [1.165, 1.54) is 12.1 Å². The highest BCUT2D eigenvalue weighted by Crippen LogP contribution is 2.34. The summed E-state index contributed by atoms with van der Waals surface area (Å²) in [6.07, 6.45) is 7.60. The largest absolute Gasteiger partial charge is 0.443 e. The number of hydrogen-bond acceptors (Lipinski definition) is 5. The van der Waals surface area contributed by atoms with E-state index in [0.717, 1.165) is 36.5 Å². The van der Waals surface area contributed by atoms with Crippen molar-refractivity contribution in [3.8, 4) is 0 Å². The first-order chi connectivity index (χ1) is 11.8. The minimum atomic E-state index is -0.238. The van der Waals surface area contributed by atoms with Crippen LogP contribution in [0.5, 0.6) is 0 Å². The second-order valence-corrected chi connectivity index (χ2v) is 5.89. The topological polar surface area (TPSA) is 55.1 Å². The first-order valence-corrected chi connectivity index (χ1v) is 8.01. The molecule has 4 rings (SSSR count). The summed E-state index contributed by atoms with van der Waals surface area (Å²) < 4.78 is 19.2. The van der Waals surface area contributed by atoms with Gasteiger partial charge in [0.15, 0.2) is 0 Å². The summed E-state index contributed by atoms with van der Waals surface area (Å²) in [5.74, 6) is 2.08. The third-order valence-corrected chi connectivity index (χ3v) is 4.24. The third-order valence-electron chi connectivity index (χ3n) is 4.24. The van der Waals surface area contributed by atoms with Crippen LogP contribution in [0.4, 0.5) is 10.2 Å². The van der Waals surface area contributed by atoms with Gasteiger partial charge in [-0.15, -0.1) is 0 Å². The SMILES string of the molecule is Fc1cccc(Cc2cnc([C@H]3CCCN3c3ccncn3)o2)c1. The van der Waals surface area contributed by atoms with Gasteiger partial charge in [0.25, 0.3) is 0 Å². The number of nitrogens with zero attached hydrogens (tertiary/aromatic N) is 4. The predicted molar refractivity (Wildman–Crippen MR) is 87.1 cm³/mol. The molecule has 5 nitrogen and oxygen atoms in total. The molecule has 122 valence electrons. The fraction of sp³-hybridized carbons (Fsp3) is 0.278. The van der Waals surface area contributed by atoms with Crippen molar-refractivity contribution in [2.45, 2.75) is 25.3 Å². The zero-order valence-electron chi connectivity index (χ0n) is 13.1. The molecule has 0 saturated carbocycles. The van der Waals surface area contributed by atoms with Crippen molar-refractivity contribution < 1.29 is 8.81 Å². The quantitative estimate of drug-likeness (QED) is 0.735. The number of rotatable bonds is 4. The molecule has 1 aromatic carbocycles. The molecule has 0 N–H and O–H groups in total. The molecule has 2 aromatic heterocycles. The van der Waals surface area contributed by atoms with E-state index in [4.69, 9.17) is 4.42 Å². The zero-order valence-corrected chi connectivity index (χ0v) is 13.1. The van der Waals surface area contributed by atoms with Crippen LogP contribution in [0.3, 0.4) is 0 Å². The Labute approximate surface area is 139 Å². The van der Waals surface area contributed by atoms with Crippen LogP contribution in [-0.2, 0) is 6.42 Å². The second-order valence-electron chi connectivity index (χ2n) is 5.89. The average Bonchev–Trinajstić information content (AvgIpc) is 3.24. The zero-order chi connectivity index (χ0) is 16.4. The van der Waals surface area contributed by atoms with Gasteiger partial charge in [-0.05, 0) is 36.6 Å². The van der Waals surface area contributed by atoms with E-state index in [1.54, 1.807) is 24.8 Å². The van der Waals surface area contributed by atoms with Gasteiger partial charge in [-0.1, -0.05) is 12.1 Å². The van der Waals surface area contributed by atoms with E-state index in [1.807, 2.05) is 12.1 Å². The maximum absolute atomic E-state index is 13.3. The maximum Gasteiger partial charge on any atom is 0.217 e. The van der Waals surface area contributed by atoms with Crippen LogP contribution in [0.2, 0.25) is 0 Å². The van der Waals surface area contributed by atoms with E-state index < -0.39 is 0 Å². The van der Waals surface area contributed by atoms with Crippen LogP contribution in [0.25, 0.3) is 0 Å². The standard InChI is InChI=1S/C18H17FN4O/c19-14-4-1-3-13(9-14)10-15-11-21-18(24-15)16-5-2-8-23(16)17-6-7-20-12-22-17/h1,3-4,6-7,9,11-12,16H,2,5,8,10H2/t16-/m1/s1. The highest BCUT2D eigenvalue weighted by Gasteiger charge is 2.30. The molecule has 3 heterocycles. The van der Waals surface area contributed by atoms with Crippen LogP contribution in [0, 0.1) is 5.82 Å². The Bertz CT molecular complexity index is 821. The van der Waals surface area contributed by atoms with Gasteiger partial charge in [0.2, 0.25) is 5.89 Å². The summed E-state index contributed by atoms with van der Waals surface area (Å²) >= 11 is 0. The van der Waals surface area contributed by atoms with Gasteiger partial charge in [-0.3, -0.25) is 0 Å². The summed E-state index contributed by atoms with van der Waals surface area (Å²) in [5, 5.41) is 0. The molecule has 1 atom stereocenters. The molecule has 1 aliphatic heterocycles. The highest BCUT2D eigenvalue weighted by atomic mass is 19.1. The lowest BCUT2D eigenvalue weighted by molar-refractivity contribution is 0.424. The van der Waals surface area contributed by atoms with Gasteiger partial charge in [-0.2, -0.15) is 0 Å². The lowest BCUT2D eigenvalue weighted by Gasteiger charge is -2.22. The third kappa shape index (κ3) is 2.99. The average molecular weight is 324 g/mol. The van der Waals surface area contributed by atoms with Gasteiger partial charge in [-0.25, -0.2) is 19.3 Å². The van der Waals surface area contributed by atoms with Crippen LogP contribution in [0.1, 0.15) is 36.1 Å². The van der Waals surface area contributed by atoms with Crippen LogP contribution >= 0.6 is 0 Å². The molecule has 0 amide bonds. The molecule has 24 heavy (non-hydrogen) atoms. The Morgan fingerprint density at radius 1 is 1.25 bits per heavy atom. The van der Waals surface area contributed by atoms with Crippen molar-refractivity contribution in [1.82, 2.24) is 15.0 Å². The smallest absolute Gasteiger partial charge is 0.217 e. The molecule has 0 bridgehead atoms. The van der Waals surface area contributed by atoms with Gasteiger partial charge < -0.3 is 9.32 Å². The van der Waals surface area contributed by atoms with E-state index >= 15 is 0 Å². The van der Waals surface area contributed by atoms with E-state index in [2.05, 4.69) is 19.9 Å². The Hall–Kier alpha value is -2.76. The number of aromatic nitrogens is 3. The monoisotopic (exact) mass is 324 g/mol. The summed E-state index contributed by atoms with van der Waals surface area (Å²) in [4.78, 5) is 14.9. The number of hydrogen-bond donors (Lipinski definition) is 0. The first kappa shape index (κ1) is 14.8. The first-order valence-electron chi connectivity index (χ1n) is 8.01. The Morgan fingerprint density at radius 3 is 3.04 bits per heavy atom.